The third-order valence-corrected chi connectivity index (χ3v) is 4.58. The SMILES string of the molecule is O=C(O)C(CCCCCCc1ccc(N=Nc2ccc([N+](=O)[O-])cc2)cc1)C(=O)O. The Bertz CT molecular complexity index is 880. The average Bonchev–Trinajstić information content (AvgIpc) is 2.72. The van der Waals surface area contributed by atoms with Crippen LogP contribution in [0.25, 0.3) is 0 Å². The Kier molecular flexibility index (Phi) is 8.61. The zero-order valence-electron chi connectivity index (χ0n) is 16.3. The molecule has 9 nitrogen and oxygen atoms in total. The first kappa shape index (κ1) is 22.7. The third-order valence-electron chi connectivity index (χ3n) is 4.58. The largest absolute Gasteiger partial charge is 0.481 e. The summed E-state index contributed by atoms with van der Waals surface area (Å²) in [7, 11) is 0. The Hall–Kier alpha value is -3.62. The number of benzene rings is 2. The second-order valence-electron chi connectivity index (χ2n) is 6.82. The molecule has 0 saturated heterocycles. The lowest BCUT2D eigenvalue weighted by Gasteiger charge is -2.07. The zero-order valence-corrected chi connectivity index (χ0v) is 16.3. The fourth-order valence-corrected chi connectivity index (χ4v) is 2.87. The molecule has 0 aliphatic rings. The second kappa shape index (κ2) is 11.4. The summed E-state index contributed by atoms with van der Waals surface area (Å²) >= 11 is 0. The minimum Gasteiger partial charge on any atom is -0.481 e. The summed E-state index contributed by atoms with van der Waals surface area (Å²) in [6, 6.07) is 13.4. The highest BCUT2D eigenvalue weighted by molar-refractivity contribution is 5.92. The van der Waals surface area contributed by atoms with Gasteiger partial charge in [0.2, 0.25) is 0 Å². The summed E-state index contributed by atoms with van der Waals surface area (Å²) in [4.78, 5) is 31.8. The van der Waals surface area contributed by atoms with Crippen molar-refractivity contribution >= 4 is 29.0 Å². The lowest BCUT2D eigenvalue weighted by atomic mass is 10.00. The number of azo groups is 1. The van der Waals surface area contributed by atoms with Crippen molar-refractivity contribution in [1.29, 1.82) is 0 Å². The number of nitrogens with zero attached hydrogens (tertiary/aromatic N) is 3. The molecule has 0 radical (unpaired) electrons. The van der Waals surface area contributed by atoms with Crippen molar-refractivity contribution in [2.75, 3.05) is 0 Å². The van der Waals surface area contributed by atoms with Crippen LogP contribution in [0, 0.1) is 16.0 Å². The maximum Gasteiger partial charge on any atom is 0.317 e. The summed E-state index contributed by atoms with van der Waals surface area (Å²) in [6.45, 7) is 0. The van der Waals surface area contributed by atoms with E-state index in [1.54, 1.807) is 0 Å². The molecule has 9 heteroatoms. The Balaban J connectivity index is 1.72. The van der Waals surface area contributed by atoms with Crippen molar-refractivity contribution in [2.45, 2.75) is 38.5 Å². The Morgan fingerprint density at radius 2 is 1.33 bits per heavy atom. The quantitative estimate of drug-likeness (QED) is 0.159. The van der Waals surface area contributed by atoms with Gasteiger partial charge < -0.3 is 10.2 Å². The standard InChI is InChI=1S/C21H23N3O6/c25-20(26)19(21(27)28)6-4-2-1-3-5-15-7-9-16(10-8-15)22-23-17-11-13-18(14-12-17)24(29)30/h7-14,19H,1-6H2,(H,25,26)(H,27,28). The number of hydrogen-bond acceptors (Lipinski definition) is 6. The first-order valence-electron chi connectivity index (χ1n) is 9.57. The zero-order chi connectivity index (χ0) is 21.9. The van der Waals surface area contributed by atoms with Crippen molar-refractivity contribution in [3.05, 3.63) is 64.2 Å². The minimum atomic E-state index is -1.32. The molecule has 0 saturated carbocycles. The predicted octanol–water partition coefficient (Wildman–Crippen LogP) is 5.29. The molecule has 2 aromatic rings. The molecule has 30 heavy (non-hydrogen) atoms. The van der Waals surface area contributed by atoms with Crippen LogP contribution in [0.1, 0.15) is 37.7 Å². The predicted molar refractivity (Wildman–Crippen MR) is 109 cm³/mol. The molecular formula is C21H23N3O6. The van der Waals surface area contributed by atoms with E-state index in [2.05, 4.69) is 10.2 Å². The van der Waals surface area contributed by atoms with E-state index in [0.717, 1.165) is 31.2 Å². The van der Waals surface area contributed by atoms with Crippen LogP contribution in [0.3, 0.4) is 0 Å². The number of carbonyl (C=O) groups is 2. The molecule has 0 heterocycles. The van der Waals surface area contributed by atoms with E-state index in [4.69, 9.17) is 10.2 Å². The fourth-order valence-electron chi connectivity index (χ4n) is 2.87. The minimum absolute atomic E-state index is 0.00175. The molecule has 0 atom stereocenters. The van der Waals surface area contributed by atoms with E-state index in [1.165, 1.54) is 24.3 Å². The Labute approximate surface area is 173 Å². The van der Waals surface area contributed by atoms with Crippen molar-refractivity contribution in [1.82, 2.24) is 0 Å². The molecule has 2 rings (SSSR count). The van der Waals surface area contributed by atoms with E-state index in [-0.39, 0.29) is 12.1 Å². The van der Waals surface area contributed by atoms with Gasteiger partial charge in [0.05, 0.1) is 16.3 Å². The fraction of sp³-hybridized carbons (Fsp3) is 0.333. The molecule has 0 bridgehead atoms. The highest BCUT2D eigenvalue weighted by Crippen LogP contribution is 2.22. The lowest BCUT2D eigenvalue weighted by Crippen LogP contribution is -2.23. The maximum atomic E-state index is 10.8. The number of rotatable bonds is 12. The van der Waals surface area contributed by atoms with Crippen LogP contribution in [0.15, 0.2) is 58.8 Å². The molecular weight excluding hydrogens is 390 g/mol. The molecule has 0 aromatic heterocycles. The molecule has 2 aromatic carbocycles. The van der Waals surface area contributed by atoms with E-state index in [9.17, 15) is 19.7 Å². The first-order chi connectivity index (χ1) is 14.4. The van der Waals surface area contributed by atoms with E-state index >= 15 is 0 Å². The topological polar surface area (TPSA) is 142 Å². The van der Waals surface area contributed by atoms with Gasteiger partial charge in [0.1, 0.15) is 0 Å². The van der Waals surface area contributed by atoms with Gasteiger partial charge in [-0.2, -0.15) is 10.2 Å². The normalized spacial score (nSPS) is 11.1. The number of hydrogen-bond donors (Lipinski definition) is 2. The van der Waals surface area contributed by atoms with Gasteiger partial charge in [0.15, 0.2) is 5.92 Å². The molecule has 0 fully saturated rings. The molecule has 0 spiro atoms. The van der Waals surface area contributed by atoms with Crippen LogP contribution >= 0.6 is 0 Å². The monoisotopic (exact) mass is 413 g/mol. The van der Waals surface area contributed by atoms with E-state index in [1.807, 2.05) is 24.3 Å². The van der Waals surface area contributed by atoms with E-state index < -0.39 is 22.8 Å². The number of non-ortho nitro benzene ring substituents is 1. The van der Waals surface area contributed by atoms with Crippen molar-refractivity contribution in [3.8, 4) is 0 Å². The Morgan fingerprint density at radius 3 is 1.83 bits per heavy atom. The highest BCUT2D eigenvalue weighted by Gasteiger charge is 2.24. The summed E-state index contributed by atoms with van der Waals surface area (Å²) < 4.78 is 0. The number of unbranched alkanes of at least 4 members (excludes halogenated alkanes) is 3. The van der Waals surface area contributed by atoms with Gasteiger partial charge >= 0.3 is 11.9 Å². The van der Waals surface area contributed by atoms with Crippen LogP contribution in [0.5, 0.6) is 0 Å². The molecule has 0 aliphatic heterocycles. The van der Waals surface area contributed by atoms with Gasteiger partial charge in [-0.1, -0.05) is 31.4 Å². The number of aliphatic carboxylic acids is 2. The molecule has 0 unspecified atom stereocenters. The third kappa shape index (κ3) is 7.42. The maximum absolute atomic E-state index is 10.8. The Morgan fingerprint density at radius 1 is 0.833 bits per heavy atom. The van der Waals surface area contributed by atoms with Gasteiger partial charge in [-0.15, -0.1) is 0 Å². The highest BCUT2D eigenvalue weighted by atomic mass is 16.6. The van der Waals surface area contributed by atoms with Gasteiger partial charge in [0.25, 0.3) is 5.69 Å². The van der Waals surface area contributed by atoms with Gasteiger partial charge in [-0.3, -0.25) is 19.7 Å². The first-order valence-corrected chi connectivity index (χ1v) is 9.57. The molecule has 2 N–H and O–H groups in total. The van der Waals surface area contributed by atoms with Gasteiger partial charge in [-0.25, -0.2) is 0 Å². The smallest absolute Gasteiger partial charge is 0.317 e. The van der Waals surface area contributed by atoms with Crippen molar-refractivity contribution < 1.29 is 24.7 Å². The molecule has 0 aliphatic carbocycles. The number of nitro benzene ring substituents is 1. The van der Waals surface area contributed by atoms with E-state index in [0.29, 0.717) is 17.8 Å². The average molecular weight is 413 g/mol. The van der Waals surface area contributed by atoms with Crippen LogP contribution < -0.4 is 0 Å². The number of aryl methyl sites for hydroxylation is 1. The number of carboxylic acid groups (broad SMARTS) is 2. The number of carboxylic acids is 2. The molecule has 158 valence electrons. The van der Waals surface area contributed by atoms with Gasteiger partial charge in [0, 0.05) is 12.1 Å². The lowest BCUT2D eigenvalue weighted by molar-refractivity contribution is -0.384. The van der Waals surface area contributed by atoms with Crippen molar-refractivity contribution in [3.63, 3.8) is 0 Å². The van der Waals surface area contributed by atoms with Gasteiger partial charge in [-0.05, 0) is 49.1 Å². The summed E-state index contributed by atoms with van der Waals surface area (Å²) in [6.07, 6.45) is 4.20. The summed E-state index contributed by atoms with van der Waals surface area (Å²) in [5.41, 5.74) is 2.34. The van der Waals surface area contributed by atoms with Crippen LogP contribution in [0.4, 0.5) is 17.1 Å². The van der Waals surface area contributed by atoms with Crippen molar-refractivity contribution in [2.24, 2.45) is 16.1 Å². The molecule has 0 amide bonds. The summed E-state index contributed by atoms with van der Waals surface area (Å²) in [5.74, 6) is -3.89. The van der Waals surface area contributed by atoms with Crippen LogP contribution in [0.2, 0.25) is 0 Å². The summed E-state index contributed by atoms with van der Waals surface area (Å²) in [5, 5.41) is 36.5. The second-order valence-corrected chi connectivity index (χ2v) is 6.82. The van der Waals surface area contributed by atoms with Crippen LogP contribution in [-0.2, 0) is 16.0 Å². The van der Waals surface area contributed by atoms with Crippen LogP contribution in [-0.4, -0.2) is 27.1 Å². The number of nitro groups is 1.